The molecule has 0 bridgehead atoms. The normalized spacial score (nSPS) is 12.7. The maximum Gasteiger partial charge on any atom is 0.573 e. The number of hydrogen-bond donors (Lipinski definition) is 1. The summed E-state index contributed by atoms with van der Waals surface area (Å²) in [7, 11) is -4.31. The molecular weight excluding hydrogens is 388 g/mol. The summed E-state index contributed by atoms with van der Waals surface area (Å²) in [6.45, 7) is 1.10. The van der Waals surface area contributed by atoms with Gasteiger partial charge in [0.2, 0.25) is 0 Å². The molecule has 0 spiro atoms. The third-order valence-electron chi connectivity index (χ3n) is 3.25. The Hall–Kier alpha value is -2.43. The molecule has 1 N–H and O–H groups in total. The van der Waals surface area contributed by atoms with E-state index in [2.05, 4.69) is 4.74 Å². The number of rotatable bonds is 4. The SMILES string of the molecule is Cc1c(NS(=O)(=O)c2ccc(OC(F)(F)F)cc2)cccc1C(F)(F)F. The fourth-order valence-electron chi connectivity index (χ4n) is 2.08. The molecule has 0 aromatic heterocycles. The molecule has 4 nitrogen and oxygen atoms in total. The van der Waals surface area contributed by atoms with E-state index in [1.807, 2.05) is 4.72 Å². The molecule has 0 saturated heterocycles. The Balaban J connectivity index is 2.30. The molecule has 0 atom stereocenters. The Bertz CT molecular complexity index is 889. The monoisotopic (exact) mass is 399 g/mol. The first-order valence-corrected chi connectivity index (χ1v) is 8.33. The van der Waals surface area contributed by atoms with Gasteiger partial charge < -0.3 is 4.74 Å². The second kappa shape index (κ2) is 6.71. The van der Waals surface area contributed by atoms with Crippen LogP contribution in [-0.4, -0.2) is 14.8 Å². The topological polar surface area (TPSA) is 55.4 Å². The molecule has 26 heavy (non-hydrogen) atoms. The summed E-state index contributed by atoms with van der Waals surface area (Å²) in [5.74, 6) is -0.633. The van der Waals surface area contributed by atoms with Gasteiger partial charge in [0.05, 0.1) is 16.1 Å². The molecule has 11 heteroatoms. The first kappa shape index (κ1) is 19.9. The van der Waals surface area contributed by atoms with E-state index in [-0.39, 0.29) is 11.3 Å². The molecule has 0 radical (unpaired) electrons. The molecular formula is C15H11F6NO3S. The van der Waals surface area contributed by atoms with Crippen LogP contribution in [0.2, 0.25) is 0 Å². The third-order valence-corrected chi connectivity index (χ3v) is 4.63. The van der Waals surface area contributed by atoms with E-state index in [0.29, 0.717) is 0 Å². The lowest BCUT2D eigenvalue weighted by molar-refractivity contribution is -0.274. The summed E-state index contributed by atoms with van der Waals surface area (Å²) in [5.41, 5.74) is -1.64. The van der Waals surface area contributed by atoms with Crippen molar-refractivity contribution >= 4 is 15.7 Å². The van der Waals surface area contributed by atoms with Crippen molar-refractivity contribution in [1.29, 1.82) is 0 Å². The Morgan fingerprint density at radius 3 is 2.00 bits per heavy atom. The van der Waals surface area contributed by atoms with Crippen LogP contribution in [0.5, 0.6) is 5.75 Å². The Morgan fingerprint density at radius 1 is 0.923 bits per heavy atom. The lowest BCUT2D eigenvalue weighted by Gasteiger charge is -2.15. The van der Waals surface area contributed by atoms with Crippen molar-refractivity contribution < 1.29 is 39.5 Å². The molecule has 0 fully saturated rings. The highest BCUT2D eigenvalue weighted by atomic mass is 32.2. The zero-order valence-corrected chi connectivity index (χ0v) is 13.8. The van der Waals surface area contributed by atoms with Gasteiger partial charge in [0.1, 0.15) is 5.75 Å². The second-order valence-electron chi connectivity index (χ2n) is 5.10. The maximum absolute atomic E-state index is 12.9. The average molecular weight is 399 g/mol. The first-order valence-electron chi connectivity index (χ1n) is 6.85. The van der Waals surface area contributed by atoms with Crippen molar-refractivity contribution in [3.63, 3.8) is 0 Å². The van der Waals surface area contributed by atoms with Crippen LogP contribution in [0.1, 0.15) is 11.1 Å². The number of anilines is 1. The van der Waals surface area contributed by atoms with Crippen molar-refractivity contribution in [2.24, 2.45) is 0 Å². The molecule has 0 unspecified atom stereocenters. The van der Waals surface area contributed by atoms with E-state index in [9.17, 15) is 34.8 Å². The van der Waals surface area contributed by atoms with E-state index < -0.39 is 38.8 Å². The molecule has 142 valence electrons. The quantitative estimate of drug-likeness (QED) is 0.758. The van der Waals surface area contributed by atoms with Gasteiger partial charge in [-0.05, 0) is 48.9 Å². The van der Waals surface area contributed by atoms with Gasteiger partial charge in [-0.25, -0.2) is 8.42 Å². The maximum atomic E-state index is 12.9. The van der Waals surface area contributed by atoms with Gasteiger partial charge in [0.15, 0.2) is 0 Å². The van der Waals surface area contributed by atoms with Crippen LogP contribution in [0.25, 0.3) is 0 Å². The largest absolute Gasteiger partial charge is 0.573 e. The molecule has 0 heterocycles. The number of nitrogens with one attached hydrogen (secondary N) is 1. The summed E-state index contributed by atoms with van der Waals surface area (Å²) in [6.07, 6.45) is -9.60. The van der Waals surface area contributed by atoms with Crippen molar-refractivity contribution in [2.75, 3.05) is 4.72 Å². The Morgan fingerprint density at radius 2 is 1.50 bits per heavy atom. The summed E-state index contributed by atoms with van der Waals surface area (Å²) in [6, 6.07) is 6.22. The highest BCUT2D eigenvalue weighted by Gasteiger charge is 2.33. The molecule has 0 aliphatic heterocycles. The predicted molar refractivity (Wildman–Crippen MR) is 80.1 cm³/mol. The summed E-state index contributed by atoms with van der Waals surface area (Å²) in [5, 5.41) is 0. The average Bonchev–Trinajstić information content (AvgIpc) is 2.47. The minimum Gasteiger partial charge on any atom is -0.406 e. The smallest absolute Gasteiger partial charge is 0.406 e. The van der Waals surface area contributed by atoms with Crippen LogP contribution >= 0.6 is 0 Å². The van der Waals surface area contributed by atoms with E-state index in [1.165, 1.54) is 0 Å². The molecule has 0 saturated carbocycles. The molecule has 0 amide bonds. The van der Waals surface area contributed by atoms with Crippen molar-refractivity contribution in [1.82, 2.24) is 0 Å². The van der Waals surface area contributed by atoms with Crippen LogP contribution in [0, 0.1) is 6.92 Å². The lowest BCUT2D eigenvalue weighted by Crippen LogP contribution is -2.18. The van der Waals surface area contributed by atoms with Crippen molar-refractivity contribution in [3.05, 3.63) is 53.6 Å². The molecule has 0 aliphatic carbocycles. The van der Waals surface area contributed by atoms with Crippen LogP contribution in [-0.2, 0) is 16.2 Å². The van der Waals surface area contributed by atoms with Crippen LogP contribution < -0.4 is 9.46 Å². The standard InChI is InChI=1S/C15H11F6NO3S/c1-9-12(14(16,17)18)3-2-4-13(9)22-26(23,24)11-7-5-10(6-8-11)25-15(19,20)21/h2-8,22H,1H3. The number of alkyl halides is 6. The van der Waals surface area contributed by atoms with Gasteiger partial charge >= 0.3 is 12.5 Å². The molecule has 2 rings (SSSR count). The highest BCUT2D eigenvalue weighted by Crippen LogP contribution is 2.35. The number of halogens is 6. The van der Waals surface area contributed by atoms with Crippen LogP contribution in [0.3, 0.4) is 0 Å². The highest BCUT2D eigenvalue weighted by molar-refractivity contribution is 7.92. The van der Waals surface area contributed by atoms with Gasteiger partial charge in [-0.1, -0.05) is 6.07 Å². The summed E-state index contributed by atoms with van der Waals surface area (Å²) in [4.78, 5) is -0.441. The second-order valence-corrected chi connectivity index (χ2v) is 6.78. The van der Waals surface area contributed by atoms with Gasteiger partial charge in [0, 0.05) is 0 Å². The third kappa shape index (κ3) is 4.81. The zero-order valence-electron chi connectivity index (χ0n) is 12.9. The van der Waals surface area contributed by atoms with E-state index >= 15 is 0 Å². The van der Waals surface area contributed by atoms with Crippen molar-refractivity contribution in [2.45, 2.75) is 24.4 Å². The van der Waals surface area contributed by atoms with Crippen LogP contribution in [0.15, 0.2) is 47.4 Å². The molecule has 0 aliphatic rings. The van der Waals surface area contributed by atoms with Gasteiger partial charge in [-0.15, -0.1) is 13.2 Å². The first-order chi connectivity index (χ1) is 11.8. The number of hydrogen-bond acceptors (Lipinski definition) is 3. The van der Waals surface area contributed by atoms with E-state index in [1.54, 1.807) is 0 Å². The minimum atomic E-state index is -4.94. The lowest BCUT2D eigenvalue weighted by atomic mass is 10.1. The molecule has 2 aromatic rings. The molecule has 2 aromatic carbocycles. The Kier molecular flexibility index (Phi) is 5.13. The summed E-state index contributed by atoms with van der Waals surface area (Å²) >= 11 is 0. The minimum absolute atomic E-state index is 0.296. The van der Waals surface area contributed by atoms with Gasteiger partial charge in [-0.3, -0.25) is 4.72 Å². The predicted octanol–water partition coefficient (Wildman–Crippen LogP) is 4.71. The number of sulfonamides is 1. The number of benzene rings is 2. The van der Waals surface area contributed by atoms with E-state index in [4.69, 9.17) is 0 Å². The summed E-state index contributed by atoms with van der Waals surface area (Å²) < 4.78 is 105. The van der Waals surface area contributed by atoms with Crippen LogP contribution in [0.4, 0.5) is 32.0 Å². The fraction of sp³-hybridized carbons (Fsp3) is 0.200. The fourth-order valence-corrected chi connectivity index (χ4v) is 3.20. The number of ether oxygens (including phenoxy) is 1. The van der Waals surface area contributed by atoms with E-state index in [0.717, 1.165) is 49.4 Å². The van der Waals surface area contributed by atoms with Gasteiger partial charge in [-0.2, -0.15) is 13.2 Å². The Labute approximate surface area is 144 Å². The van der Waals surface area contributed by atoms with Crippen molar-refractivity contribution in [3.8, 4) is 5.75 Å². The van der Waals surface area contributed by atoms with Gasteiger partial charge in [0.25, 0.3) is 10.0 Å². The zero-order chi connectivity index (χ0) is 19.8.